The van der Waals surface area contributed by atoms with E-state index in [0.29, 0.717) is 17.2 Å². The molecule has 7 nitrogen and oxygen atoms in total. The van der Waals surface area contributed by atoms with E-state index in [0.717, 1.165) is 13.0 Å². The van der Waals surface area contributed by atoms with Crippen LogP contribution in [0.3, 0.4) is 0 Å². The SMILES string of the molecule is CCCNc1cnccc1C(=O)Nc1ncnn1C. The molecule has 19 heavy (non-hydrogen) atoms. The largest absolute Gasteiger partial charge is 0.383 e. The number of rotatable bonds is 5. The number of hydrogen-bond donors (Lipinski definition) is 2. The second-order valence-corrected chi connectivity index (χ2v) is 4.01. The fourth-order valence-electron chi connectivity index (χ4n) is 1.57. The van der Waals surface area contributed by atoms with Crippen molar-refractivity contribution in [2.45, 2.75) is 13.3 Å². The third kappa shape index (κ3) is 3.06. The molecule has 2 aromatic rings. The zero-order valence-electron chi connectivity index (χ0n) is 10.9. The van der Waals surface area contributed by atoms with Crippen molar-refractivity contribution in [2.24, 2.45) is 7.05 Å². The molecule has 0 spiro atoms. The highest BCUT2D eigenvalue weighted by Gasteiger charge is 2.13. The molecule has 0 radical (unpaired) electrons. The summed E-state index contributed by atoms with van der Waals surface area (Å²) in [5.74, 6) is 0.167. The molecule has 0 aliphatic heterocycles. The summed E-state index contributed by atoms with van der Waals surface area (Å²) in [6.45, 7) is 2.85. The quantitative estimate of drug-likeness (QED) is 0.846. The lowest BCUT2D eigenvalue weighted by Gasteiger charge is -2.10. The van der Waals surface area contributed by atoms with Gasteiger partial charge < -0.3 is 5.32 Å². The lowest BCUT2D eigenvalue weighted by atomic mass is 10.2. The summed E-state index contributed by atoms with van der Waals surface area (Å²) in [6, 6.07) is 1.67. The first-order valence-corrected chi connectivity index (χ1v) is 6.05. The van der Waals surface area contributed by atoms with Crippen molar-refractivity contribution in [2.75, 3.05) is 17.2 Å². The average Bonchev–Trinajstić information content (AvgIpc) is 2.82. The van der Waals surface area contributed by atoms with Gasteiger partial charge in [-0.05, 0) is 12.5 Å². The van der Waals surface area contributed by atoms with Gasteiger partial charge in [0, 0.05) is 19.8 Å². The van der Waals surface area contributed by atoms with Gasteiger partial charge in [0.1, 0.15) is 6.33 Å². The molecule has 0 atom stereocenters. The highest BCUT2D eigenvalue weighted by Crippen LogP contribution is 2.15. The molecule has 0 aromatic carbocycles. The van der Waals surface area contributed by atoms with Gasteiger partial charge >= 0.3 is 0 Å². The first kappa shape index (κ1) is 13.0. The molecule has 0 aliphatic carbocycles. The topological polar surface area (TPSA) is 84.7 Å². The van der Waals surface area contributed by atoms with E-state index >= 15 is 0 Å². The summed E-state index contributed by atoms with van der Waals surface area (Å²) in [5, 5.41) is 9.78. The molecule has 0 saturated heterocycles. The third-order valence-corrected chi connectivity index (χ3v) is 2.57. The maximum Gasteiger partial charge on any atom is 0.260 e. The van der Waals surface area contributed by atoms with E-state index in [4.69, 9.17) is 0 Å². The summed E-state index contributed by atoms with van der Waals surface area (Å²) < 4.78 is 1.50. The van der Waals surface area contributed by atoms with Crippen LogP contribution in [-0.4, -0.2) is 32.2 Å². The van der Waals surface area contributed by atoms with E-state index in [1.165, 1.54) is 11.0 Å². The number of pyridine rings is 1. The van der Waals surface area contributed by atoms with Crippen LogP contribution in [0, 0.1) is 0 Å². The number of hydrogen-bond acceptors (Lipinski definition) is 5. The summed E-state index contributed by atoms with van der Waals surface area (Å²) in [6.07, 6.45) is 5.58. The first-order chi connectivity index (χ1) is 9.22. The number of aryl methyl sites for hydroxylation is 1. The molecule has 0 fully saturated rings. The summed E-state index contributed by atoms with van der Waals surface area (Å²) >= 11 is 0. The molecule has 0 saturated carbocycles. The summed E-state index contributed by atoms with van der Waals surface area (Å²) in [5.41, 5.74) is 1.25. The second-order valence-electron chi connectivity index (χ2n) is 4.01. The number of carbonyl (C=O) groups excluding carboxylic acids is 1. The van der Waals surface area contributed by atoms with Crippen molar-refractivity contribution in [1.29, 1.82) is 0 Å². The molecule has 0 aliphatic rings. The minimum Gasteiger partial charge on any atom is -0.383 e. The van der Waals surface area contributed by atoms with Crippen LogP contribution in [0.4, 0.5) is 11.6 Å². The van der Waals surface area contributed by atoms with Crippen molar-refractivity contribution >= 4 is 17.5 Å². The number of aromatic nitrogens is 4. The Labute approximate surface area is 111 Å². The predicted octanol–water partition coefficient (Wildman–Crippen LogP) is 1.28. The van der Waals surface area contributed by atoms with Crippen LogP contribution >= 0.6 is 0 Å². The summed E-state index contributed by atoms with van der Waals surface area (Å²) in [4.78, 5) is 20.2. The highest BCUT2D eigenvalue weighted by molar-refractivity contribution is 6.07. The molecule has 2 aromatic heterocycles. The smallest absolute Gasteiger partial charge is 0.260 e. The Morgan fingerprint density at radius 1 is 1.47 bits per heavy atom. The molecule has 7 heteroatoms. The van der Waals surface area contributed by atoms with Gasteiger partial charge in [-0.15, -0.1) is 0 Å². The Morgan fingerprint density at radius 2 is 2.32 bits per heavy atom. The van der Waals surface area contributed by atoms with Crippen LogP contribution in [0.15, 0.2) is 24.8 Å². The molecule has 0 bridgehead atoms. The number of carbonyl (C=O) groups is 1. The van der Waals surface area contributed by atoms with E-state index < -0.39 is 0 Å². The Kier molecular flexibility index (Phi) is 4.07. The van der Waals surface area contributed by atoms with Crippen LogP contribution in [0.1, 0.15) is 23.7 Å². The first-order valence-electron chi connectivity index (χ1n) is 6.05. The van der Waals surface area contributed by atoms with Gasteiger partial charge in [-0.1, -0.05) is 6.92 Å². The van der Waals surface area contributed by atoms with Crippen molar-refractivity contribution < 1.29 is 4.79 Å². The van der Waals surface area contributed by atoms with Crippen LogP contribution < -0.4 is 10.6 Å². The van der Waals surface area contributed by atoms with Crippen molar-refractivity contribution in [3.63, 3.8) is 0 Å². The maximum absolute atomic E-state index is 12.2. The van der Waals surface area contributed by atoms with Crippen molar-refractivity contribution in [3.05, 3.63) is 30.4 Å². The van der Waals surface area contributed by atoms with Gasteiger partial charge in [0.05, 0.1) is 17.4 Å². The van der Waals surface area contributed by atoms with Gasteiger partial charge in [-0.3, -0.25) is 15.1 Å². The third-order valence-electron chi connectivity index (χ3n) is 2.57. The van der Waals surface area contributed by atoms with Gasteiger partial charge in [-0.25, -0.2) is 4.68 Å². The highest BCUT2D eigenvalue weighted by atomic mass is 16.1. The molecule has 2 rings (SSSR count). The number of amides is 1. The van der Waals surface area contributed by atoms with E-state index in [1.807, 2.05) is 0 Å². The molecule has 2 N–H and O–H groups in total. The fraction of sp³-hybridized carbons (Fsp3) is 0.333. The van der Waals surface area contributed by atoms with E-state index in [9.17, 15) is 4.79 Å². The van der Waals surface area contributed by atoms with Crippen LogP contribution in [-0.2, 0) is 7.05 Å². The Balaban J connectivity index is 2.17. The lowest BCUT2D eigenvalue weighted by Crippen LogP contribution is -2.17. The minimum atomic E-state index is -0.239. The van der Waals surface area contributed by atoms with Gasteiger partial charge in [0.15, 0.2) is 0 Å². The molecular formula is C12H16N6O. The normalized spacial score (nSPS) is 10.2. The minimum absolute atomic E-state index is 0.239. The monoisotopic (exact) mass is 260 g/mol. The van der Waals surface area contributed by atoms with Gasteiger partial charge in [0.25, 0.3) is 5.91 Å². The Morgan fingerprint density at radius 3 is 3.00 bits per heavy atom. The molecule has 100 valence electrons. The zero-order chi connectivity index (χ0) is 13.7. The Bertz CT molecular complexity index is 565. The van der Waals surface area contributed by atoms with Crippen LogP contribution in [0.2, 0.25) is 0 Å². The lowest BCUT2D eigenvalue weighted by molar-refractivity contribution is 0.102. The van der Waals surface area contributed by atoms with E-state index in [1.54, 1.807) is 25.5 Å². The number of nitrogens with one attached hydrogen (secondary N) is 2. The van der Waals surface area contributed by atoms with Gasteiger partial charge in [0.2, 0.25) is 5.95 Å². The van der Waals surface area contributed by atoms with Crippen LogP contribution in [0.25, 0.3) is 0 Å². The molecule has 1 amide bonds. The number of anilines is 2. The second kappa shape index (κ2) is 5.94. The predicted molar refractivity (Wildman–Crippen MR) is 72.0 cm³/mol. The molecule has 2 heterocycles. The van der Waals surface area contributed by atoms with Crippen molar-refractivity contribution in [3.8, 4) is 0 Å². The van der Waals surface area contributed by atoms with Gasteiger partial charge in [-0.2, -0.15) is 10.1 Å². The number of nitrogens with zero attached hydrogens (tertiary/aromatic N) is 4. The molecule has 0 unspecified atom stereocenters. The summed E-state index contributed by atoms with van der Waals surface area (Å²) in [7, 11) is 1.71. The molecular weight excluding hydrogens is 244 g/mol. The fourth-order valence-corrected chi connectivity index (χ4v) is 1.57. The van der Waals surface area contributed by atoms with E-state index in [-0.39, 0.29) is 5.91 Å². The average molecular weight is 260 g/mol. The van der Waals surface area contributed by atoms with Crippen LogP contribution in [0.5, 0.6) is 0 Å². The van der Waals surface area contributed by atoms with Crippen molar-refractivity contribution in [1.82, 2.24) is 19.7 Å². The van der Waals surface area contributed by atoms with E-state index in [2.05, 4.69) is 32.6 Å². The maximum atomic E-state index is 12.2. The Hall–Kier alpha value is -2.44. The standard InChI is InChI=1S/C12H16N6O/c1-3-5-14-10-7-13-6-4-9(10)11(19)17-12-15-8-16-18(12)2/h4,6-8,14H,3,5H2,1-2H3,(H,15,16,17,19). The zero-order valence-corrected chi connectivity index (χ0v) is 10.9.